The number of rotatable bonds is 7. The van der Waals surface area contributed by atoms with E-state index in [1.165, 1.54) is 24.3 Å². The first-order valence-corrected chi connectivity index (χ1v) is 12.8. The molecule has 0 aromatic heterocycles. The zero-order valence-electron chi connectivity index (χ0n) is 20.7. The van der Waals surface area contributed by atoms with Gasteiger partial charge in [0.2, 0.25) is 0 Å². The number of benzene rings is 2. The molecule has 2 fully saturated rings. The van der Waals surface area contributed by atoms with Crippen LogP contribution in [0.5, 0.6) is 5.75 Å². The summed E-state index contributed by atoms with van der Waals surface area (Å²) in [5, 5.41) is 12.1. The van der Waals surface area contributed by atoms with Gasteiger partial charge in [0, 0.05) is 24.8 Å². The van der Waals surface area contributed by atoms with Gasteiger partial charge < -0.3 is 19.7 Å². The molecule has 1 saturated carbocycles. The van der Waals surface area contributed by atoms with Crippen molar-refractivity contribution in [2.45, 2.75) is 64.0 Å². The Labute approximate surface area is 215 Å². The fraction of sp³-hybridized carbons (Fsp3) is 0.500. The highest BCUT2D eigenvalue weighted by Crippen LogP contribution is 2.34. The summed E-state index contributed by atoms with van der Waals surface area (Å²) in [7, 11) is 0. The third-order valence-electron chi connectivity index (χ3n) is 7.26. The molecule has 1 amide bonds. The first kappa shape index (κ1) is 26.6. The number of carbonyl (C=O) groups is 1. The van der Waals surface area contributed by atoms with Crippen molar-refractivity contribution >= 4 is 11.8 Å². The molecule has 0 radical (unpaired) electrons. The van der Waals surface area contributed by atoms with E-state index in [-0.39, 0.29) is 18.4 Å². The van der Waals surface area contributed by atoms with Crippen LogP contribution in [-0.2, 0) is 11.3 Å². The van der Waals surface area contributed by atoms with Crippen molar-refractivity contribution in [3.63, 3.8) is 0 Å². The number of carbonyl (C=O) groups excluding carboxylic acids is 1. The molecule has 1 N–H and O–H groups in total. The van der Waals surface area contributed by atoms with E-state index in [4.69, 9.17) is 10.00 Å². The summed E-state index contributed by atoms with van der Waals surface area (Å²) < 4.78 is 46.1. The van der Waals surface area contributed by atoms with Gasteiger partial charge in [-0.3, -0.25) is 0 Å². The van der Waals surface area contributed by atoms with Crippen LogP contribution in [0.3, 0.4) is 0 Å². The van der Waals surface area contributed by atoms with Gasteiger partial charge in [-0.1, -0.05) is 25.0 Å². The second-order valence-electron chi connectivity index (χ2n) is 9.91. The van der Waals surface area contributed by atoms with Gasteiger partial charge in [0.05, 0.1) is 11.6 Å². The van der Waals surface area contributed by atoms with Crippen molar-refractivity contribution in [3.8, 4) is 11.8 Å². The van der Waals surface area contributed by atoms with E-state index in [0.717, 1.165) is 63.7 Å². The quantitative estimate of drug-likeness (QED) is 0.453. The van der Waals surface area contributed by atoms with Crippen molar-refractivity contribution in [3.05, 3.63) is 59.7 Å². The maximum absolute atomic E-state index is 12.5. The molecular weight excluding hydrogens is 483 g/mol. The van der Waals surface area contributed by atoms with Crippen LogP contribution in [0.2, 0.25) is 0 Å². The van der Waals surface area contributed by atoms with Gasteiger partial charge in [-0.05, 0) is 85.9 Å². The lowest BCUT2D eigenvalue weighted by atomic mass is 9.77. The predicted molar refractivity (Wildman–Crippen MR) is 133 cm³/mol. The fourth-order valence-corrected chi connectivity index (χ4v) is 5.48. The van der Waals surface area contributed by atoms with Gasteiger partial charge >= 0.3 is 12.5 Å². The molecule has 0 spiro atoms. The maximum atomic E-state index is 12.5. The number of nitrogens with one attached hydrogen (secondary N) is 1. The number of halogens is 3. The number of alkyl halides is 3. The molecule has 9 heteroatoms. The van der Waals surface area contributed by atoms with Crippen LogP contribution in [0.1, 0.15) is 56.1 Å². The average Bonchev–Trinajstić information content (AvgIpc) is 2.89. The zero-order chi connectivity index (χ0) is 26.3. The van der Waals surface area contributed by atoms with E-state index >= 15 is 0 Å². The number of anilines is 1. The minimum atomic E-state index is -4.74. The van der Waals surface area contributed by atoms with Gasteiger partial charge in [0.15, 0.2) is 0 Å². The Balaban J connectivity index is 1.26. The molecule has 3 atom stereocenters. The lowest BCUT2D eigenvalue weighted by Gasteiger charge is -2.39. The summed E-state index contributed by atoms with van der Waals surface area (Å²) in [5.74, 6) is 0.600. The van der Waals surface area contributed by atoms with E-state index < -0.39 is 12.5 Å². The lowest BCUT2D eigenvalue weighted by Crippen LogP contribution is -2.44. The molecule has 1 saturated heterocycles. The number of piperidine rings is 1. The summed E-state index contributed by atoms with van der Waals surface area (Å²) in [6.45, 7) is 1.94. The smallest absolute Gasteiger partial charge is 0.445 e. The minimum Gasteiger partial charge on any atom is -0.445 e. The zero-order valence-corrected chi connectivity index (χ0v) is 20.7. The SMILES string of the molecule is N#Cc1ccc(N2CCC[C@H](C[C@@H]3CCCC[C@H]3NC(=O)OCc3ccc(OC(F)(F)F)cc3)C2)cc1. The minimum absolute atomic E-state index is 0.0301. The molecule has 2 aliphatic rings. The van der Waals surface area contributed by atoms with Gasteiger partial charge in [-0.15, -0.1) is 13.2 Å². The summed E-state index contributed by atoms with van der Waals surface area (Å²) >= 11 is 0. The van der Waals surface area contributed by atoms with Gasteiger partial charge in [-0.25, -0.2) is 4.79 Å². The molecule has 37 heavy (non-hydrogen) atoms. The summed E-state index contributed by atoms with van der Waals surface area (Å²) in [6.07, 6.45) is 2.26. The molecule has 1 aliphatic heterocycles. The van der Waals surface area contributed by atoms with Gasteiger partial charge in [0.1, 0.15) is 12.4 Å². The first-order valence-electron chi connectivity index (χ1n) is 12.8. The number of amides is 1. The third-order valence-corrected chi connectivity index (χ3v) is 7.26. The molecule has 1 aliphatic carbocycles. The van der Waals surface area contributed by atoms with E-state index in [9.17, 15) is 18.0 Å². The van der Waals surface area contributed by atoms with Crippen LogP contribution in [0, 0.1) is 23.2 Å². The summed E-state index contributed by atoms with van der Waals surface area (Å²) in [5.41, 5.74) is 2.38. The second-order valence-corrected chi connectivity index (χ2v) is 9.91. The van der Waals surface area contributed by atoms with Crippen LogP contribution in [0.15, 0.2) is 48.5 Å². The van der Waals surface area contributed by atoms with E-state index in [1.54, 1.807) is 0 Å². The van der Waals surface area contributed by atoms with Crippen molar-refractivity contribution in [1.29, 1.82) is 5.26 Å². The van der Waals surface area contributed by atoms with Gasteiger partial charge in [-0.2, -0.15) is 5.26 Å². The number of ether oxygens (including phenoxy) is 2. The Bertz CT molecular complexity index is 1070. The number of hydrogen-bond donors (Lipinski definition) is 1. The Morgan fingerprint density at radius 2 is 1.76 bits per heavy atom. The number of nitrogens with zero attached hydrogens (tertiary/aromatic N) is 2. The normalized spacial score (nSPS) is 22.1. The molecule has 1 heterocycles. The van der Waals surface area contributed by atoms with Crippen LogP contribution < -0.4 is 15.0 Å². The Morgan fingerprint density at radius 1 is 1.03 bits per heavy atom. The van der Waals surface area contributed by atoms with Crippen LogP contribution in [0.25, 0.3) is 0 Å². The molecule has 4 rings (SSSR count). The van der Waals surface area contributed by atoms with Crippen LogP contribution in [-0.4, -0.2) is 31.6 Å². The Hall–Kier alpha value is -3.41. The molecule has 2 aromatic carbocycles. The predicted octanol–water partition coefficient (Wildman–Crippen LogP) is 6.55. The molecule has 198 valence electrons. The van der Waals surface area contributed by atoms with Crippen LogP contribution >= 0.6 is 0 Å². The topological polar surface area (TPSA) is 74.6 Å². The van der Waals surface area contributed by atoms with Crippen molar-refractivity contribution in [2.75, 3.05) is 18.0 Å². The molecular formula is C28H32F3N3O3. The number of nitriles is 1. The third kappa shape index (κ3) is 8.04. The summed E-state index contributed by atoms with van der Waals surface area (Å²) in [6, 6.07) is 15.2. The van der Waals surface area contributed by atoms with Crippen molar-refractivity contribution < 1.29 is 27.4 Å². The molecule has 2 aromatic rings. The highest BCUT2D eigenvalue weighted by molar-refractivity contribution is 5.67. The fourth-order valence-electron chi connectivity index (χ4n) is 5.48. The maximum Gasteiger partial charge on any atom is 0.573 e. The molecule has 0 bridgehead atoms. The van der Waals surface area contributed by atoms with E-state index in [2.05, 4.69) is 21.0 Å². The van der Waals surface area contributed by atoms with E-state index in [1.807, 2.05) is 24.3 Å². The Kier molecular flexibility index (Phi) is 8.80. The number of hydrogen-bond acceptors (Lipinski definition) is 5. The largest absolute Gasteiger partial charge is 0.573 e. The highest BCUT2D eigenvalue weighted by atomic mass is 19.4. The average molecular weight is 516 g/mol. The number of alkyl carbamates (subject to hydrolysis) is 1. The van der Waals surface area contributed by atoms with Crippen molar-refractivity contribution in [2.24, 2.45) is 11.8 Å². The lowest BCUT2D eigenvalue weighted by molar-refractivity contribution is -0.274. The molecule has 0 unspecified atom stereocenters. The standard InChI is InChI=1S/C28H32F3N3O3/c29-28(30,31)37-25-13-9-21(10-14-25)19-36-27(35)33-26-6-2-1-5-23(26)16-22-4-3-15-34(18-22)24-11-7-20(17-32)8-12-24/h7-14,22-23,26H,1-6,15-16,18-19H2,(H,33,35)/t22-,23+,26-/m1/s1. The first-order chi connectivity index (χ1) is 17.8. The summed E-state index contributed by atoms with van der Waals surface area (Å²) in [4.78, 5) is 14.9. The second kappa shape index (κ2) is 12.2. The highest BCUT2D eigenvalue weighted by Gasteiger charge is 2.32. The van der Waals surface area contributed by atoms with Gasteiger partial charge in [0.25, 0.3) is 0 Å². The monoisotopic (exact) mass is 515 g/mol. The van der Waals surface area contributed by atoms with Crippen LogP contribution in [0.4, 0.5) is 23.7 Å². The van der Waals surface area contributed by atoms with Crippen molar-refractivity contribution in [1.82, 2.24) is 5.32 Å². The molecule has 6 nitrogen and oxygen atoms in total. The Morgan fingerprint density at radius 3 is 2.46 bits per heavy atom. The van der Waals surface area contributed by atoms with E-state index in [0.29, 0.717) is 23.0 Å².